The average molecular weight is 472 g/mol. The molecule has 2 aliphatic rings. The van der Waals surface area contributed by atoms with Gasteiger partial charge in [-0.1, -0.05) is 48.0 Å². The summed E-state index contributed by atoms with van der Waals surface area (Å²) < 4.78 is 1.81. The monoisotopic (exact) mass is 471 g/mol. The van der Waals surface area contributed by atoms with Crippen LogP contribution in [0.25, 0.3) is 16.6 Å². The Morgan fingerprint density at radius 3 is 2.12 bits per heavy atom. The number of amides is 1. The normalized spacial score (nSPS) is 20.4. The van der Waals surface area contributed by atoms with E-state index in [1.54, 1.807) is 6.07 Å². The van der Waals surface area contributed by atoms with Gasteiger partial charge in [-0.3, -0.25) is 14.6 Å². The smallest absolute Gasteiger partial charge is 0.250 e. The zero-order valence-corrected chi connectivity index (χ0v) is 19.5. The Balaban J connectivity index is 1.11. The lowest BCUT2D eigenvalue weighted by molar-refractivity contribution is 0.100. The highest BCUT2D eigenvalue weighted by atomic mass is 35.5. The topological polar surface area (TPSA) is 67.4 Å². The summed E-state index contributed by atoms with van der Waals surface area (Å²) in [4.78, 5) is 16.9. The molecule has 0 spiro atoms. The van der Waals surface area contributed by atoms with Crippen molar-refractivity contribution in [3.8, 4) is 5.69 Å². The number of benzene rings is 3. The first-order valence-electron chi connectivity index (χ1n) is 11.6. The molecule has 6 nitrogen and oxygen atoms in total. The Labute approximate surface area is 203 Å². The molecule has 1 amide bonds. The van der Waals surface area contributed by atoms with E-state index in [-0.39, 0.29) is 0 Å². The van der Waals surface area contributed by atoms with Gasteiger partial charge in [0.05, 0.1) is 11.3 Å². The number of halogens is 1. The minimum Gasteiger partial charge on any atom is -0.366 e. The maximum atomic E-state index is 11.7. The van der Waals surface area contributed by atoms with Crippen molar-refractivity contribution in [1.82, 2.24) is 19.6 Å². The van der Waals surface area contributed by atoms with Crippen LogP contribution < -0.4 is 5.73 Å². The van der Waals surface area contributed by atoms with Crippen LogP contribution in [0, 0.1) is 0 Å². The Morgan fingerprint density at radius 1 is 0.912 bits per heavy atom. The first-order chi connectivity index (χ1) is 16.5. The molecule has 7 heteroatoms. The Morgan fingerprint density at radius 2 is 1.53 bits per heavy atom. The van der Waals surface area contributed by atoms with Crippen molar-refractivity contribution in [2.24, 2.45) is 5.73 Å². The quantitative estimate of drug-likeness (QED) is 0.457. The summed E-state index contributed by atoms with van der Waals surface area (Å²) in [5, 5.41) is 6.30. The molecule has 1 aromatic heterocycles. The van der Waals surface area contributed by atoms with E-state index >= 15 is 0 Å². The molecule has 3 heterocycles. The molecule has 0 unspecified atom stereocenters. The summed E-state index contributed by atoms with van der Waals surface area (Å²) >= 11 is 6.03. The van der Waals surface area contributed by atoms with Crippen LogP contribution in [0.3, 0.4) is 0 Å². The standard InChI is InChI=1S/C27H26ClN5O/c28-21-8-4-18(5-9-21)13-31-16-24-12-23(31)17-32(24)14-19-6-10-22(11-7-19)33-15-20-2-1-3-25(27(29)34)26(20)30-33/h1-11,15,23-24H,12-14,16-17H2,(H2,29,34)/t23-,24-/m0/s1. The van der Waals surface area contributed by atoms with Crippen LogP contribution in [-0.2, 0) is 13.1 Å². The molecule has 2 bridgehead atoms. The van der Waals surface area contributed by atoms with Gasteiger partial charge >= 0.3 is 0 Å². The van der Waals surface area contributed by atoms with Crippen molar-refractivity contribution < 1.29 is 4.79 Å². The van der Waals surface area contributed by atoms with Gasteiger partial charge < -0.3 is 5.73 Å². The minimum atomic E-state index is -0.460. The molecule has 34 heavy (non-hydrogen) atoms. The van der Waals surface area contributed by atoms with Crippen LogP contribution in [0.2, 0.25) is 5.02 Å². The number of aromatic nitrogens is 2. The molecule has 2 fully saturated rings. The molecule has 2 atom stereocenters. The highest BCUT2D eigenvalue weighted by Gasteiger charge is 2.42. The molecule has 0 aliphatic carbocycles. The number of piperazine rings is 1. The lowest BCUT2D eigenvalue weighted by atomic mass is 10.1. The Bertz CT molecular complexity index is 1350. The van der Waals surface area contributed by atoms with Crippen LogP contribution in [-0.4, -0.2) is 50.7 Å². The summed E-state index contributed by atoms with van der Waals surface area (Å²) in [6.07, 6.45) is 3.18. The van der Waals surface area contributed by atoms with Crippen molar-refractivity contribution in [3.63, 3.8) is 0 Å². The molecule has 2 aliphatic heterocycles. The van der Waals surface area contributed by atoms with Crippen molar-refractivity contribution in [2.45, 2.75) is 31.6 Å². The second-order valence-electron chi connectivity index (χ2n) is 9.38. The van der Waals surface area contributed by atoms with Crippen LogP contribution in [0.4, 0.5) is 0 Å². The number of likely N-dealkylation sites (tertiary alicyclic amines) is 2. The maximum absolute atomic E-state index is 11.7. The fourth-order valence-corrected chi connectivity index (χ4v) is 5.53. The SMILES string of the molecule is NC(=O)c1cccc2cn(-c3ccc(CN4C[C@@H]5C[C@H]4CN5Cc4ccc(Cl)cc4)cc3)nc12. The van der Waals surface area contributed by atoms with Gasteiger partial charge in [0, 0.05) is 54.9 Å². The molecular weight excluding hydrogens is 446 g/mol. The maximum Gasteiger partial charge on any atom is 0.250 e. The van der Waals surface area contributed by atoms with Gasteiger partial charge in [0.1, 0.15) is 5.52 Å². The van der Waals surface area contributed by atoms with Crippen molar-refractivity contribution >= 4 is 28.4 Å². The molecule has 6 rings (SSSR count). The lowest BCUT2D eigenvalue weighted by Gasteiger charge is -2.34. The van der Waals surface area contributed by atoms with Crippen LogP contribution in [0.5, 0.6) is 0 Å². The number of nitrogens with two attached hydrogens (primary N) is 1. The van der Waals surface area contributed by atoms with Gasteiger partial charge in [-0.25, -0.2) is 4.68 Å². The second-order valence-corrected chi connectivity index (χ2v) is 9.81. The molecule has 2 saturated heterocycles. The fraction of sp³-hybridized carbons (Fsp3) is 0.259. The number of hydrogen-bond acceptors (Lipinski definition) is 4. The van der Waals surface area contributed by atoms with E-state index in [1.165, 1.54) is 17.5 Å². The van der Waals surface area contributed by atoms with E-state index in [9.17, 15) is 4.79 Å². The van der Waals surface area contributed by atoms with Crippen LogP contribution in [0.1, 0.15) is 27.9 Å². The number of primary amides is 1. The van der Waals surface area contributed by atoms with E-state index < -0.39 is 5.91 Å². The first-order valence-corrected chi connectivity index (χ1v) is 12.0. The van der Waals surface area contributed by atoms with Gasteiger partial charge in [0.25, 0.3) is 5.91 Å². The molecule has 0 saturated carbocycles. The predicted molar refractivity (Wildman–Crippen MR) is 134 cm³/mol. The minimum absolute atomic E-state index is 0.446. The van der Waals surface area contributed by atoms with E-state index in [4.69, 9.17) is 17.3 Å². The highest BCUT2D eigenvalue weighted by molar-refractivity contribution is 6.30. The molecule has 0 radical (unpaired) electrons. The Kier molecular flexibility index (Phi) is 5.37. The summed E-state index contributed by atoms with van der Waals surface area (Å²) in [5.74, 6) is -0.460. The molecule has 4 aromatic rings. The number of hydrogen-bond donors (Lipinski definition) is 1. The van der Waals surface area contributed by atoms with Crippen LogP contribution in [0.15, 0.2) is 72.9 Å². The van der Waals surface area contributed by atoms with Gasteiger partial charge in [0.2, 0.25) is 0 Å². The third-order valence-electron chi connectivity index (χ3n) is 7.15. The summed E-state index contributed by atoms with van der Waals surface area (Å²) in [6.45, 7) is 4.19. The summed E-state index contributed by atoms with van der Waals surface area (Å²) in [7, 11) is 0. The zero-order valence-electron chi connectivity index (χ0n) is 18.8. The summed E-state index contributed by atoms with van der Waals surface area (Å²) in [6, 6.07) is 23.5. The molecule has 3 aromatic carbocycles. The number of rotatable bonds is 6. The predicted octanol–water partition coefficient (Wildman–Crippen LogP) is 4.24. The number of carbonyl (C=O) groups excluding carboxylic acids is 1. The average Bonchev–Trinajstić information content (AvgIpc) is 3.55. The van der Waals surface area contributed by atoms with Crippen molar-refractivity contribution in [3.05, 3.63) is 94.6 Å². The number of nitrogens with zero attached hydrogens (tertiary/aromatic N) is 4. The van der Waals surface area contributed by atoms with E-state index in [2.05, 4.69) is 51.3 Å². The van der Waals surface area contributed by atoms with Crippen LogP contribution >= 0.6 is 11.6 Å². The first kappa shape index (κ1) is 21.4. The van der Waals surface area contributed by atoms with Gasteiger partial charge in [-0.2, -0.15) is 5.10 Å². The van der Waals surface area contributed by atoms with Gasteiger partial charge in [-0.15, -0.1) is 0 Å². The lowest BCUT2D eigenvalue weighted by Crippen LogP contribution is -2.45. The number of carbonyl (C=O) groups is 1. The highest BCUT2D eigenvalue weighted by Crippen LogP contribution is 2.33. The Hall–Kier alpha value is -3.19. The third-order valence-corrected chi connectivity index (χ3v) is 7.41. The number of fused-ring (bicyclic) bond motifs is 3. The van der Waals surface area contributed by atoms with E-state index in [0.29, 0.717) is 23.2 Å². The van der Waals surface area contributed by atoms with E-state index in [0.717, 1.165) is 42.3 Å². The van der Waals surface area contributed by atoms with Crippen molar-refractivity contribution in [2.75, 3.05) is 13.1 Å². The molecule has 172 valence electrons. The second kappa shape index (κ2) is 8.55. The van der Waals surface area contributed by atoms with Gasteiger partial charge in [-0.05, 0) is 47.9 Å². The molecular formula is C27H26ClN5O. The van der Waals surface area contributed by atoms with Gasteiger partial charge in [0.15, 0.2) is 0 Å². The summed E-state index contributed by atoms with van der Waals surface area (Å²) in [5.41, 5.74) is 10.2. The molecule has 2 N–H and O–H groups in total. The zero-order chi connectivity index (χ0) is 23.2. The fourth-order valence-electron chi connectivity index (χ4n) is 5.41. The third kappa shape index (κ3) is 3.98. The largest absolute Gasteiger partial charge is 0.366 e. The van der Waals surface area contributed by atoms with Crippen molar-refractivity contribution in [1.29, 1.82) is 0 Å². The van der Waals surface area contributed by atoms with E-state index in [1.807, 2.05) is 35.1 Å².